The Morgan fingerprint density at radius 2 is 1.13 bits per heavy atom. The summed E-state index contributed by atoms with van der Waals surface area (Å²) in [5.41, 5.74) is -2.47. The van der Waals surface area contributed by atoms with Crippen LogP contribution < -0.4 is 0 Å². The smallest absolute Gasteiger partial charge is 0.314 e. The number of esters is 1. The van der Waals surface area contributed by atoms with E-state index >= 15 is 0 Å². The summed E-state index contributed by atoms with van der Waals surface area (Å²) in [4.78, 5) is 14.9. The fourth-order valence-electron chi connectivity index (χ4n) is 14.9. The van der Waals surface area contributed by atoms with Crippen molar-refractivity contribution in [3.05, 3.63) is 12.2 Å². The molecule has 0 amide bonds. The minimum atomic E-state index is -1.91. The van der Waals surface area contributed by atoms with E-state index in [2.05, 4.69) is 13.5 Å². The number of fused-ring (bicyclic) bond motifs is 3. The van der Waals surface area contributed by atoms with Gasteiger partial charge in [-0.2, -0.15) is 0 Å². The van der Waals surface area contributed by atoms with Gasteiger partial charge in [0.05, 0.1) is 62.9 Å². The van der Waals surface area contributed by atoms with E-state index in [1.54, 1.807) is 0 Å². The zero-order chi connectivity index (χ0) is 55.0. The van der Waals surface area contributed by atoms with Crippen LogP contribution in [0.4, 0.5) is 0 Å². The van der Waals surface area contributed by atoms with E-state index in [-0.39, 0.29) is 31.5 Å². The normalized spacial score (nSPS) is 53.6. The van der Waals surface area contributed by atoms with E-state index in [1.807, 2.05) is 6.92 Å². The molecule has 0 aromatic carbocycles. The van der Waals surface area contributed by atoms with Gasteiger partial charge in [0.25, 0.3) is 0 Å². The zero-order valence-electron chi connectivity index (χ0n) is 42.7. The lowest BCUT2D eigenvalue weighted by Gasteiger charge is -2.64. The third kappa shape index (κ3) is 10.3. The molecule has 26 nitrogen and oxygen atoms in total. The molecule has 29 atom stereocenters. The summed E-state index contributed by atoms with van der Waals surface area (Å²) in [6.07, 6.45) is -31.6. The number of ether oxygens (including phenoxy) is 10. The van der Waals surface area contributed by atoms with Gasteiger partial charge >= 0.3 is 5.97 Å². The maximum atomic E-state index is 14.9. The fourth-order valence-corrected chi connectivity index (χ4v) is 14.9. The molecule has 0 aromatic heterocycles. The number of rotatable bonds is 15. The average molecular weight is 1100 g/mol. The van der Waals surface area contributed by atoms with Gasteiger partial charge < -0.3 is 124 Å². The van der Waals surface area contributed by atoms with Crippen molar-refractivity contribution < 1.29 is 129 Å². The Morgan fingerprint density at radius 1 is 0.592 bits per heavy atom. The van der Waals surface area contributed by atoms with Crippen LogP contribution in [0.1, 0.15) is 78.1 Å². The highest BCUT2D eigenvalue weighted by Crippen LogP contribution is 2.74. The van der Waals surface area contributed by atoms with E-state index in [9.17, 15) is 81.4 Å². The first-order chi connectivity index (χ1) is 36.0. The molecule has 0 radical (unpaired) electrons. The maximum absolute atomic E-state index is 14.9. The van der Waals surface area contributed by atoms with Crippen molar-refractivity contribution in [1.82, 2.24) is 0 Å². The first kappa shape index (κ1) is 58.9. The maximum Gasteiger partial charge on any atom is 0.314 e. The summed E-state index contributed by atoms with van der Waals surface area (Å²) >= 11 is 0. The van der Waals surface area contributed by atoms with E-state index in [4.69, 9.17) is 47.4 Å². The summed E-state index contributed by atoms with van der Waals surface area (Å²) in [5, 5.41) is 159. The summed E-state index contributed by atoms with van der Waals surface area (Å²) in [6.45, 7) is 5.04. The molecular formula is C50H80O26. The van der Waals surface area contributed by atoms with Crippen molar-refractivity contribution in [3.8, 4) is 0 Å². The highest BCUT2D eigenvalue weighted by Gasteiger charge is 2.70. The molecule has 4 saturated carbocycles. The molecule has 4 aliphatic carbocycles. The van der Waals surface area contributed by atoms with Crippen LogP contribution in [-0.2, 0) is 52.2 Å². The summed E-state index contributed by atoms with van der Waals surface area (Å²) < 4.78 is 60.7. The molecule has 76 heavy (non-hydrogen) atoms. The molecular weight excluding hydrogens is 1020 g/mol. The molecule has 9 fully saturated rings. The SMILES string of the molecule is C=C1C[C@@]23CC[C@H]4[C@@](C)(CCC[C@@]4(C)C(=O)OC4O[C@H](CO)[C@@H](O)[C@H](O)[C@H]4O[C@@H]4O[C@H](CO)[C@@H](O)[C@H](O)[C@H]4O)[C@@H]2CC[C@]1(O[C@@H]1O[C@H](CO)[C@@H](O)[C@H](OCC2OC[C@@H](O)C[C@H]2O)[C@H]1O[C@@H]1O[C@H](CO)[C@@H](O)[C@H](O)[C@H]1O)C3. The van der Waals surface area contributed by atoms with Crippen molar-refractivity contribution in [3.63, 3.8) is 0 Å². The molecule has 1 spiro atoms. The van der Waals surface area contributed by atoms with Crippen molar-refractivity contribution in [2.75, 3.05) is 39.6 Å². The third-order valence-electron chi connectivity index (χ3n) is 19.0. The number of aliphatic hydroxyl groups is 15. The van der Waals surface area contributed by atoms with Gasteiger partial charge in [0, 0.05) is 6.42 Å². The lowest BCUT2D eigenvalue weighted by atomic mass is 9.41. The van der Waals surface area contributed by atoms with Gasteiger partial charge in [0.15, 0.2) is 25.0 Å². The first-order valence-corrected chi connectivity index (χ1v) is 26.7. The minimum absolute atomic E-state index is 0.0111. The number of hydrogen-bond acceptors (Lipinski definition) is 26. The van der Waals surface area contributed by atoms with Crippen LogP contribution in [0.15, 0.2) is 12.2 Å². The Morgan fingerprint density at radius 3 is 1.72 bits per heavy atom. The van der Waals surface area contributed by atoms with E-state index in [0.717, 1.165) is 12.0 Å². The van der Waals surface area contributed by atoms with Gasteiger partial charge in [-0.15, -0.1) is 0 Å². The van der Waals surface area contributed by atoms with Crippen LogP contribution in [0.3, 0.4) is 0 Å². The topological polar surface area (TPSA) is 413 Å². The quantitative estimate of drug-likeness (QED) is 0.0413. The highest BCUT2D eigenvalue weighted by atomic mass is 16.8. The first-order valence-electron chi connectivity index (χ1n) is 26.7. The van der Waals surface area contributed by atoms with Crippen molar-refractivity contribution in [2.45, 2.75) is 225 Å². The van der Waals surface area contributed by atoms with Crippen molar-refractivity contribution in [1.29, 1.82) is 0 Å². The number of hydrogen-bond donors (Lipinski definition) is 15. The summed E-state index contributed by atoms with van der Waals surface area (Å²) in [7, 11) is 0. The molecule has 5 heterocycles. The van der Waals surface area contributed by atoms with Crippen LogP contribution in [-0.4, -0.2) is 269 Å². The van der Waals surface area contributed by atoms with E-state index < -0.39 is 195 Å². The Bertz CT molecular complexity index is 2000. The Hall–Kier alpha value is -1.75. The van der Waals surface area contributed by atoms with Crippen LogP contribution >= 0.6 is 0 Å². The van der Waals surface area contributed by atoms with E-state index in [1.165, 1.54) is 0 Å². The lowest BCUT2D eigenvalue weighted by Crippen LogP contribution is -2.66. The second kappa shape index (κ2) is 22.9. The Labute approximate surface area is 438 Å². The molecule has 436 valence electrons. The van der Waals surface area contributed by atoms with E-state index in [0.29, 0.717) is 51.4 Å². The third-order valence-corrected chi connectivity index (χ3v) is 19.0. The molecule has 0 aromatic rings. The average Bonchev–Trinajstić information content (AvgIpc) is 3.64. The molecule has 5 aliphatic heterocycles. The monoisotopic (exact) mass is 1100 g/mol. The molecule has 9 aliphatic rings. The predicted octanol–water partition coefficient (Wildman–Crippen LogP) is -5.58. The summed E-state index contributed by atoms with van der Waals surface area (Å²) in [6, 6.07) is 0. The molecule has 9 rings (SSSR count). The number of carbonyl (C=O) groups is 1. The summed E-state index contributed by atoms with van der Waals surface area (Å²) in [5.74, 6) is -1.01. The number of aliphatic hydroxyl groups excluding tert-OH is 15. The zero-order valence-corrected chi connectivity index (χ0v) is 42.7. The van der Waals surface area contributed by atoms with Crippen LogP contribution in [0.2, 0.25) is 0 Å². The number of carbonyl (C=O) groups excluding carboxylic acids is 1. The largest absolute Gasteiger partial charge is 0.432 e. The van der Waals surface area contributed by atoms with Crippen LogP contribution in [0.25, 0.3) is 0 Å². The highest BCUT2D eigenvalue weighted by molar-refractivity contribution is 5.77. The van der Waals surface area contributed by atoms with Crippen LogP contribution in [0.5, 0.6) is 0 Å². The van der Waals surface area contributed by atoms with Gasteiger partial charge in [-0.3, -0.25) is 4.79 Å². The van der Waals surface area contributed by atoms with Gasteiger partial charge in [-0.1, -0.05) is 19.9 Å². The standard InChI is InChI=1S/C50H80O26/c1-20-12-49-9-5-28-47(2,7-4-8-48(28,3)46(66)75-44-40(36(63)32(59)25(15-53)71-44)73-42-37(64)34(61)30(57)23(13-51)69-42)29(49)6-10-50(20,19-49)76-45-41(74-43-38(65)35(62)31(58)24(14-52)70-43)39(33(60)26(16-54)72-45)68-18-27-22(56)11-21(55)17-67-27/h21-45,51-65H,1,4-19H2,2-3H3/t21-,22+,23+,24+,25+,26+,27?,28-,29-,30+,31+,32+,33+,34-,35-,36-,37+,38+,39-,40+,41+,42-,43-,44?,45-,47+,48+,49+,50-/m0/s1. The lowest BCUT2D eigenvalue weighted by molar-refractivity contribution is -0.382. The molecule has 2 bridgehead atoms. The second-order valence-electron chi connectivity index (χ2n) is 23.4. The minimum Gasteiger partial charge on any atom is -0.432 e. The predicted molar refractivity (Wildman–Crippen MR) is 249 cm³/mol. The Balaban J connectivity index is 0.951. The fraction of sp³-hybridized carbons (Fsp3) is 0.940. The van der Waals surface area contributed by atoms with Crippen molar-refractivity contribution in [2.24, 2.45) is 28.1 Å². The van der Waals surface area contributed by atoms with Crippen molar-refractivity contribution >= 4 is 5.97 Å². The molecule has 5 saturated heterocycles. The molecule has 2 unspecified atom stereocenters. The Kier molecular flexibility index (Phi) is 17.7. The van der Waals surface area contributed by atoms with Gasteiger partial charge in [0.2, 0.25) is 6.29 Å². The molecule has 15 N–H and O–H groups in total. The molecule has 26 heteroatoms. The second-order valence-corrected chi connectivity index (χ2v) is 23.4. The van der Waals surface area contributed by atoms with Gasteiger partial charge in [-0.25, -0.2) is 0 Å². The van der Waals surface area contributed by atoms with Gasteiger partial charge in [-0.05, 0) is 86.5 Å². The van der Waals surface area contributed by atoms with Gasteiger partial charge in [0.1, 0.15) is 97.7 Å². The van der Waals surface area contributed by atoms with Crippen LogP contribution in [0, 0.1) is 28.1 Å².